The number of ether oxygens (including phenoxy) is 1. The van der Waals surface area contributed by atoms with E-state index in [1.807, 2.05) is 0 Å². The minimum Gasteiger partial charge on any atom is -0.469 e. The van der Waals surface area contributed by atoms with Crippen LogP contribution in [-0.2, 0) is 9.53 Å². The summed E-state index contributed by atoms with van der Waals surface area (Å²) < 4.78 is 4.79. The van der Waals surface area contributed by atoms with Crippen LogP contribution in [0.25, 0.3) is 0 Å². The molecule has 1 heterocycles. The Hall–Kier alpha value is -0.610. The zero-order chi connectivity index (χ0) is 14.4. The third kappa shape index (κ3) is 4.74. The number of hydrogen-bond acceptors (Lipinski definition) is 4. The van der Waals surface area contributed by atoms with Gasteiger partial charge in [-0.15, -0.1) is 0 Å². The van der Waals surface area contributed by atoms with E-state index < -0.39 is 0 Å². The molecule has 1 saturated carbocycles. The molecule has 0 aromatic heterocycles. The van der Waals surface area contributed by atoms with Crippen molar-refractivity contribution in [3.8, 4) is 0 Å². The summed E-state index contributed by atoms with van der Waals surface area (Å²) in [5.41, 5.74) is 0. The topological polar surface area (TPSA) is 49.8 Å². The zero-order valence-electron chi connectivity index (χ0n) is 12.7. The lowest BCUT2D eigenvalue weighted by atomic mass is 9.96. The maximum absolute atomic E-state index is 11.5. The number of aliphatic hydroxyl groups is 1. The number of nitrogens with zero attached hydrogens (tertiary/aromatic N) is 1. The monoisotopic (exact) mass is 283 g/mol. The summed E-state index contributed by atoms with van der Waals surface area (Å²) in [6, 6.07) is 0.259. The molecule has 4 heteroatoms. The van der Waals surface area contributed by atoms with Crippen LogP contribution < -0.4 is 0 Å². The smallest absolute Gasteiger partial charge is 0.307 e. The van der Waals surface area contributed by atoms with Gasteiger partial charge in [-0.25, -0.2) is 0 Å². The summed E-state index contributed by atoms with van der Waals surface area (Å²) >= 11 is 0. The Balaban J connectivity index is 1.79. The van der Waals surface area contributed by atoms with Crippen molar-refractivity contribution in [3.63, 3.8) is 0 Å². The van der Waals surface area contributed by atoms with Crippen molar-refractivity contribution in [2.45, 2.75) is 69.9 Å². The summed E-state index contributed by atoms with van der Waals surface area (Å²) in [7, 11) is 1.45. The molecule has 0 aromatic carbocycles. The van der Waals surface area contributed by atoms with Crippen molar-refractivity contribution in [1.82, 2.24) is 4.90 Å². The highest BCUT2D eigenvalue weighted by Gasteiger charge is 2.28. The zero-order valence-corrected chi connectivity index (χ0v) is 12.7. The number of carbonyl (C=O) groups excluding carboxylic acids is 1. The molecule has 1 aliphatic carbocycles. The summed E-state index contributed by atoms with van der Waals surface area (Å²) in [4.78, 5) is 13.8. The van der Waals surface area contributed by atoms with Crippen molar-refractivity contribution in [3.05, 3.63) is 0 Å². The molecule has 0 spiro atoms. The van der Waals surface area contributed by atoms with Crippen molar-refractivity contribution >= 4 is 5.97 Å². The largest absolute Gasteiger partial charge is 0.469 e. The van der Waals surface area contributed by atoms with Gasteiger partial charge in [0.15, 0.2) is 0 Å². The molecule has 0 aromatic rings. The first kappa shape index (κ1) is 15.8. The lowest BCUT2D eigenvalue weighted by Crippen LogP contribution is -2.45. The number of aliphatic hydroxyl groups excluding tert-OH is 1. The number of piperidine rings is 1. The van der Waals surface area contributed by atoms with E-state index in [0.29, 0.717) is 12.3 Å². The highest BCUT2D eigenvalue weighted by atomic mass is 16.5. The van der Waals surface area contributed by atoms with Gasteiger partial charge in [-0.05, 0) is 31.7 Å². The Morgan fingerprint density at radius 1 is 1.25 bits per heavy atom. The van der Waals surface area contributed by atoms with Crippen molar-refractivity contribution < 1.29 is 14.6 Å². The highest BCUT2D eigenvalue weighted by Crippen LogP contribution is 2.29. The van der Waals surface area contributed by atoms with Crippen molar-refractivity contribution in [1.29, 1.82) is 0 Å². The van der Waals surface area contributed by atoms with E-state index >= 15 is 0 Å². The molecule has 1 N–H and O–H groups in total. The van der Waals surface area contributed by atoms with Crippen LogP contribution in [-0.4, -0.2) is 48.3 Å². The maximum Gasteiger partial charge on any atom is 0.307 e. The van der Waals surface area contributed by atoms with Crippen LogP contribution >= 0.6 is 0 Å². The second-order valence-electron chi connectivity index (χ2n) is 6.46. The highest BCUT2D eigenvalue weighted by molar-refractivity contribution is 5.69. The van der Waals surface area contributed by atoms with E-state index in [0.717, 1.165) is 25.9 Å². The molecule has 1 saturated heterocycles. The lowest BCUT2D eigenvalue weighted by molar-refractivity contribution is -0.142. The van der Waals surface area contributed by atoms with E-state index in [2.05, 4.69) is 4.90 Å². The molecule has 2 atom stereocenters. The molecular weight excluding hydrogens is 254 g/mol. The van der Waals surface area contributed by atoms with Gasteiger partial charge in [0, 0.05) is 12.6 Å². The van der Waals surface area contributed by atoms with Crippen LogP contribution in [0.3, 0.4) is 0 Å². The molecule has 2 unspecified atom stereocenters. The average molecular weight is 283 g/mol. The van der Waals surface area contributed by atoms with Gasteiger partial charge < -0.3 is 9.84 Å². The van der Waals surface area contributed by atoms with E-state index in [1.165, 1.54) is 45.6 Å². The van der Waals surface area contributed by atoms with Gasteiger partial charge in [0.1, 0.15) is 0 Å². The first-order valence-corrected chi connectivity index (χ1v) is 8.18. The van der Waals surface area contributed by atoms with Crippen molar-refractivity contribution in [2.24, 2.45) is 5.92 Å². The molecule has 2 fully saturated rings. The molecular formula is C16H29NO3. The number of esters is 1. The molecule has 4 nitrogen and oxygen atoms in total. The SMILES string of the molecule is COC(=O)CC1CCCCN1CC(O)CC1CCCC1. The molecule has 116 valence electrons. The summed E-state index contributed by atoms with van der Waals surface area (Å²) in [5, 5.41) is 10.3. The predicted molar refractivity (Wildman–Crippen MR) is 78.4 cm³/mol. The first-order chi connectivity index (χ1) is 9.69. The molecule has 2 rings (SSSR count). The normalized spacial score (nSPS) is 26.6. The molecule has 0 radical (unpaired) electrons. The van der Waals surface area contributed by atoms with E-state index in [4.69, 9.17) is 4.74 Å². The van der Waals surface area contributed by atoms with Crippen LogP contribution in [0.15, 0.2) is 0 Å². The van der Waals surface area contributed by atoms with Crippen LogP contribution in [0.1, 0.15) is 57.8 Å². The number of hydrogen-bond donors (Lipinski definition) is 1. The van der Waals surface area contributed by atoms with Gasteiger partial charge in [0.2, 0.25) is 0 Å². The Morgan fingerprint density at radius 3 is 2.65 bits per heavy atom. The number of rotatable bonds is 6. The second kappa shape index (κ2) is 7.99. The van der Waals surface area contributed by atoms with Crippen LogP contribution in [0.2, 0.25) is 0 Å². The van der Waals surface area contributed by atoms with Crippen LogP contribution in [0.4, 0.5) is 0 Å². The Kier molecular flexibility index (Phi) is 6.30. The third-order valence-corrected chi connectivity index (χ3v) is 4.90. The Bertz CT molecular complexity index is 302. The number of likely N-dealkylation sites (tertiary alicyclic amines) is 1. The summed E-state index contributed by atoms with van der Waals surface area (Å²) in [5.74, 6) is 0.584. The number of methoxy groups -OCH3 is 1. The minimum atomic E-state index is -0.239. The lowest BCUT2D eigenvalue weighted by Gasteiger charge is -2.36. The second-order valence-corrected chi connectivity index (χ2v) is 6.46. The Labute approximate surface area is 122 Å². The fourth-order valence-corrected chi connectivity index (χ4v) is 3.78. The van der Waals surface area contributed by atoms with Gasteiger partial charge in [0.25, 0.3) is 0 Å². The fraction of sp³-hybridized carbons (Fsp3) is 0.938. The van der Waals surface area contributed by atoms with Gasteiger partial charge >= 0.3 is 5.97 Å². The van der Waals surface area contributed by atoms with E-state index in [1.54, 1.807) is 0 Å². The van der Waals surface area contributed by atoms with Gasteiger partial charge in [0.05, 0.1) is 19.6 Å². The minimum absolute atomic E-state index is 0.132. The fourth-order valence-electron chi connectivity index (χ4n) is 3.78. The van der Waals surface area contributed by atoms with Crippen LogP contribution in [0, 0.1) is 5.92 Å². The Morgan fingerprint density at radius 2 is 1.95 bits per heavy atom. The maximum atomic E-state index is 11.5. The number of carbonyl (C=O) groups is 1. The number of β-amino-alcohol motifs (C(OH)–C–C–N with tert-alkyl or cyclic N) is 1. The molecule has 2 aliphatic rings. The first-order valence-electron chi connectivity index (χ1n) is 8.18. The van der Waals surface area contributed by atoms with E-state index in [9.17, 15) is 9.90 Å². The predicted octanol–water partition coefficient (Wildman–Crippen LogP) is 2.35. The standard InChI is InChI=1S/C16H29NO3/c1-20-16(19)11-14-8-4-5-9-17(14)12-15(18)10-13-6-2-3-7-13/h13-15,18H,2-12H2,1H3. The van der Waals surface area contributed by atoms with Crippen LogP contribution in [0.5, 0.6) is 0 Å². The molecule has 20 heavy (non-hydrogen) atoms. The average Bonchev–Trinajstić information content (AvgIpc) is 2.93. The van der Waals surface area contributed by atoms with Crippen molar-refractivity contribution in [2.75, 3.05) is 20.2 Å². The van der Waals surface area contributed by atoms with E-state index in [-0.39, 0.29) is 18.1 Å². The molecule has 0 bridgehead atoms. The third-order valence-electron chi connectivity index (χ3n) is 4.90. The van der Waals surface area contributed by atoms with Gasteiger partial charge in [-0.1, -0.05) is 32.1 Å². The molecule has 0 amide bonds. The van der Waals surface area contributed by atoms with Gasteiger partial charge in [-0.2, -0.15) is 0 Å². The summed E-state index contributed by atoms with van der Waals surface area (Å²) in [6.07, 6.45) is 9.77. The summed E-state index contributed by atoms with van der Waals surface area (Å²) in [6.45, 7) is 1.72. The quantitative estimate of drug-likeness (QED) is 0.760. The molecule has 1 aliphatic heterocycles. The van der Waals surface area contributed by atoms with Gasteiger partial charge in [-0.3, -0.25) is 9.69 Å².